The molecule has 0 aromatic heterocycles. The van der Waals surface area contributed by atoms with Crippen LogP contribution in [0.4, 0.5) is 10.1 Å². The number of hydrogen-bond donors (Lipinski definition) is 2. The number of anilines is 1. The molecule has 7 heteroatoms. The molecule has 0 spiro atoms. The third kappa shape index (κ3) is 3.29. The van der Waals surface area contributed by atoms with Gasteiger partial charge >= 0.3 is 0 Å². The number of nitrogens with two attached hydrogens (primary N) is 1. The van der Waals surface area contributed by atoms with Gasteiger partial charge < -0.3 is 20.5 Å². The Labute approximate surface area is 142 Å². The summed E-state index contributed by atoms with van der Waals surface area (Å²) in [5.41, 5.74) is 4.71. The number of hydrogen-bond acceptors (Lipinski definition) is 4. The Morgan fingerprint density at radius 1 is 1.48 bits per heavy atom. The van der Waals surface area contributed by atoms with Crippen LogP contribution in [0.15, 0.2) is 18.2 Å². The first-order chi connectivity index (χ1) is 10.3. The number of rotatable bonds is 5. The maximum atomic E-state index is 13.8. The van der Waals surface area contributed by atoms with E-state index >= 15 is 0 Å². The minimum absolute atomic E-state index is 0. The predicted octanol–water partition coefficient (Wildman–Crippen LogP) is 2.73. The van der Waals surface area contributed by atoms with E-state index in [1.807, 2.05) is 20.8 Å². The molecule has 0 bridgehead atoms. The highest BCUT2D eigenvalue weighted by molar-refractivity contribution is 6.00. The smallest absolute Gasteiger partial charge is 0.245 e. The highest BCUT2D eigenvalue weighted by Gasteiger charge is 2.62. The molecule has 2 atom stereocenters. The second kappa shape index (κ2) is 7.03. The van der Waals surface area contributed by atoms with Crippen LogP contribution in [0, 0.1) is 11.2 Å². The van der Waals surface area contributed by atoms with E-state index in [1.54, 1.807) is 0 Å². The van der Waals surface area contributed by atoms with Gasteiger partial charge in [-0.15, -0.1) is 12.4 Å². The van der Waals surface area contributed by atoms with E-state index in [0.29, 0.717) is 18.8 Å². The lowest BCUT2D eigenvalue weighted by Crippen LogP contribution is -2.74. The summed E-state index contributed by atoms with van der Waals surface area (Å²) >= 11 is 0. The van der Waals surface area contributed by atoms with Crippen molar-refractivity contribution in [1.82, 2.24) is 0 Å². The fraction of sp³-hybridized carbons (Fsp3) is 0.562. The zero-order chi connectivity index (χ0) is 16.5. The van der Waals surface area contributed by atoms with Crippen molar-refractivity contribution < 1.29 is 18.7 Å². The number of ether oxygens (including phenoxy) is 2. The van der Waals surface area contributed by atoms with Crippen LogP contribution in [-0.2, 0) is 9.53 Å². The molecule has 130 valence electrons. The van der Waals surface area contributed by atoms with E-state index in [4.69, 9.17) is 15.2 Å². The molecule has 5 nitrogen and oxygen atoms in total. The molecule has 0 saturated heterocycles. The van der Waals surface area contributed by atoms with Gasteiger partial charge in [0, 0.05) is 24.5 Å². The van der Waals surface area contributed by atoms with Crippen molar-refractivity contribution in [3.8, 4) is 5.75 Å². The van der Waals surface area contributed by atoms with Gasteiger partial charge in [0.15, 0.2) is 0 Å². The Morgan fingerprint density at radius 2 is 2.13 bits per heavy atom. The first kappa shape index (κ1) is 19.7. The molecule has 1 aliphatic rings. The number of methoxy groups -OCH3 is 1. The van der Waals surface area contributed by atoms with Crippen LogP contribution in [0.5, 0.6) is 5.75 Å². The molecule has 3 N–H and O–H groups in total. The fourth-order valence-electron chi connectivity index (χ4n) is 2.78. The molecule has 23 heavy (non-hydrogen) atoms. The summed E-state index contributed by atoms with van der Waals surface area (Å²) in [6.45, 7) is 6.24. The number of carbonyl (C=O) groups is 1. The fourth-order valence-corrected chi connectivity index (χ4v) is 2.78. The van der Waals surface area contributed by atoms with E-state index in [-0.39, 0.29) is 24.2 Å². The molecule has 0 heterocycles. The lowest BCUT2D eigenvalue weighted by atomic mass is 9.54. The average molecular weight is 347 g/mol. The molecule has 0 aliphatic heterocycles. The molecule has 1 aliphatic carbocycles. The third-order valence-corrected chi connectivity index (χ3v) is 4.66. The zero-order valence-electron chi connectivity index (χ0n) is 13.8. The summed E-state index contributed by atoms with van der Waals surface area (Å²) < 4.78 is 24.5. The molecule has 1 amide bonds. The second-order valence-corrected chi connectivity index (χ2v) is 6.14. The lowest BCUT2D eigenvalue weighted by molar-refractivity contribution is -0.166. The highest BCUT2D eigenvalue weighted by atomic mass is 35.5. The van der Waals surface area contributed by atoms with E-state index in [9.17, 15) is 9.18 Å². The van der Waals surface area contributed by atoms with Gasteiger partial charge in [-0.1, -0.05) is 13.8 Å². The zero-order valence-corrected chi connectivity index (χ0v) is 14.6. The predicted molar refractivity (Wildman–Crippen MR) is 89.6 cm³/mol. The minimum Gasteiger partial charge on any atom is -0.497 e. The van der Waals surface area contributed by atoms with Crippen molar-refractivity contribution in [2.45, 2.75) is 38.8 Å². The first-order valence-corrected chi connectivity index (χ1v) is 7.31. The highest BCUT2D eigenvalue weighted by Crippen LogP contribution is 2.50. The van der Waals surface area contributed by atoms with Crippen LogP contribution in [0.3, 0.4) is 0 Å². The van der Waals surface area contributed by atoms with E-state index in [2.05, 4.69) is 5.32 Å². The van der Waals surface area contributed by atoms with Gasteiger partial charge in [-0.25, -0.2) is 4.39 Å². The topological polar surface area (TPSA) is 73.6 Å². The maximum absolute atomic E-state index is 13.8. The molecule has 1 saturated carbocycles. The summed E-state index contributed by atoms with van der Waals surface area (Å²) in [4.78, 5) is 12.5. The van der Waals surface area contributed by atoms with Gasteiger partial charge in [0.05, 0.1) is 18.9 Å². The Bertz CT molecular complexity index is 582. The molecular weight excluding hydrogens is 323 g/mol. The molecule has 1 aromatic carbocycles. The third-order valence-electron chi connectivity index (χ3n) is 4.66. The largest absolute Gasteiger partial charge is 0.497 e. The number of amides is 1. The van der Waals surface area contributed by atoms with Gasteiger partial charge in [-0.05, 0) is 19.1 Å². The molecule has 1 fully saturated rings. The van der Waals surface area contributed by atoms with Crippen molar-refractivity contribution >= 4 is 24.0 Å². The summed E-state index contributed by atoms with van der Waals surface area (Å²) in [5, 5.41) is 2.57. The second-order valence-electron chi connectivity index (χ2n) is 6.14. The Morgan fingerprint density at radius 3 is 2.65 bits per heavy atom. The van der Waals surface area contributed by atoms with Crippen LogP contribution in [-0.4, -0.2) is 31.3 Å². The monoisotopic (exact) mass is 346 g/mol. The lowest BCUT2D eigenvalue weighted by Gasteiger charge is -2.57. The van der Waals surface area contributed by atoms with Crippen molar-refractivity contribution in [3.63, 3.8) is 0 Å². The number of nitrogens with one attached hydrogen (secondary N) is 1. The SMILES string of the molecule is CCOC1CC(N)(C(=O)Nc2cc(OC)ccc2F)C1(C)C.Cl. The standard InChI is InChI=1S/C16H23FN2O3.ClH/c1-5-22-13-9-16(18,15(13,2)3)14(20)19-12-8-10(21-4)6-7-11(12)17;/h6-8,13H,5,9,18H2,1-4H3,(H,19,20);1H. The Kier molecular flexibility index (Phi) is 6.01. The first-order valence-electron chi connectivity index (χ1n) is 7.31. The van der Waals surface area contributed by atoms with E-state index in [1.165, 1.54) is 25.3 Å². The summed E-state index contributed by atoms with van der Waals surface area (Å²) in [5.74, 6) is -0.486. The van der Waals surface area contributed by atoms with Crippen molar-refractivity contribution in [2.75, 3.05) is 19.0 Å². The van der Waals surface area contributed by atoms with Gasteiger partial charge in [0.1, 0.15) is 17.1 Å². The van der Waals surface area contributed by atoms with Crippen LogP contribution < -0.4 is 15.8 Å². The molecule has 2 unspecified atom stereocenters. The van der Waals surface area contributed by atoms with Crippen molar-refractivity contribution in [2.24, 2.45) is 11.1 Å². The van der Waals surface area contributed by atoms with Crippen LogP contribution in [0.1, 0.15) is 27.2 Å². The van der Waals surface area contributed by atoms with Gasteiger partial charge in [0.25, 0.3) is 0 Å². The molecule has 2 rings (SSSR count). The minimum atomic E-state index is -1.09. The number of benzene rings is 1. The number of halogens is 2. The van der Waals surface area contributed by atoms with Crippen molar-refractivity contribution in [1.29, 1.82) is 0 Å². The molecule has 1 aromatic rings. The maximum Gasteiger partial charge on any atom is 0.245 e. The Balaban J connectivity index is 0.00000264. The van der Waals surface area contributed by atoms with Crippen LogP contribution in [0.2, 0.25) is 0 Å². The molecular formula is C16H24ClFN2O3. The van der Waals surface area contributed by atoms with Crippen LogP contribution in [0.25, 0.3) is 0 Å². The summed E-state index contributed by atoms with van der Waals surface area (Å²) in [6.07, 6.45) is 0.328. The average Bonchev–Trinajstić information content (AvgIpc) is 2.48. The van der Waals surface area contributed by atoms with E-state index < -0.39 is 22.7 Å². The van der Waals surface area contributed by atoms with Gasteiger partial charge in [-0.2, -0.15) is 0 Å². The van der Waals surface area contributed by atoms with Crippen molar-refractivity contribution in [3.05, 3.63) is 24.0 Å². The van der Waals surface area contributed by atoms with E-state index in [0.717, 1.165) is 0 Å². The number of carbonyl (C=O) groups excluding carboxylic acids is 1. The summed E-state index contributed by atoms with van der Waals surface area (Å²) in [6, 6.07) is 4.16. The molecule has 0 radical (unpaired) electrons. The summed E-state index contributed by atoms with van der Waals surface area (Å²) in [7, 11) is 1.48. The van der Waals surface area contributed by atoms with Gasteiger partial charge in [0.2, 0.25) is 5.91 Å². The Hall–Kier alpha value is -1.37. The van der Waals surface area contributed by atoms with Crippen LogP contribution >= 0.6 is 12.4 Å². The normalized spacial score (nSPS) is 25.0. The quantitative estimate of drug-likeness (QED) is 0.859. The van der Waals surface area contributed by atoms with Gasteiger partial charge in [-0.3, -0.25) is 4.79 Å².